The number of benzene rings is 1. The third-order valence-corrected chi connectivity index (χ3v) is 3.92. The molecule has 0 N–H and O–H groups in total. The van der Waals surface area contributed by atoms with E-state index in [0.717, 1.165) is 0 Å². The average Bonchev–Trinajstić information content (AvgIpc) is 2.45. The quantitative estimate of drug-likeness (QED) is 0.633. The van der Waals surface area contributed by atoms with Gasteiger partial charge in [0, 0.05) is 23.4 Å². The first kappa shape index (κ1) is 15.9. The Morgan fingerprint density at radius 1 is 1.52 bits per heavy atom. The normalized spacial score (nSPS) is 22.1. The third-order valence-electron chi connectivity index (χ3n) is 3.56. The molecule has 0 aliphatic carbocycles. The summed E-state index contributed by atoms with van der Waals surface area (Å²) in [5.41, 5.74) is -1.38. The van der Waals surface area contributed by atoms with Gasteiger partial charge in [0.15, 0.2) is 11.2 Å². The van der Waals surface area contributed by atoms with Crippen molar-refractivity contribution in [3.8, 4) is 0 Å². The molecule has 2 rings (SSSR count). The van der Waals surface area contributed by atoms with Gasteiger partial charge in [-0.3, -0.25) is 9.59 Å². The highest BCUT2D eigenvalue weighted by Gasteiger charge is 2.49. The minimum absolute atomic E-state index is 0.102. The molecule has 1 aromatic carbocycles. The van der Waals surface area contributed by atoms with Crippen LogP contribution in [-0.2, 0) is 25.5 Å². The van der Waals surface area contributed by atoms with Gasteiger partial charge in [-0.15, -0.1) is 0 Å². The van der Waals surface area contributed by atoms with Crippen LogP contribution in [0.4, 0.5) is 4.39 Å². The fourth-order valence-corrected chi connectivity index (χ4v) is 2.63. The lowest BCUT2D eigenvalue weighted by Gasteiger charge is -2.33. The number of carbonyl (C=O) groups is 2. The summed E-state index contributed by atoms with van der Waals surface area (Å²) < 4.78 is 24.3. The molecule has 1 unspecified atom stereocenters. The molecule has 1 aliphatic rings. The molecule has 0 saturated carbocycles. The lowest BCUT2D eigenvalue weighted by atomic mass is 9.76. The summed E-state index contributed by atoms with van der Waals surface area (Å²) in [4.78, 5) is 24.6. The molecule has 21 heavy (non-hydrogen) atoms. The molecule has 114 valence electrons. The van der Waals surface area contributed by atoms with Gasteiger partial charge < -0.3 is 9.47 Å². The summed E-state index contributed by atoms with van der Waals surface area (Å²) in [6.45, 7) is 1.93. The molecule has 0 amide bonds. The van der Waals surface area contributed by atoms with Crippen LogP contribution in [0.3, 0.4) is 0 Å². The Hall–Kier alpha value is -1.46. The van der Waals surface area contributed by atoms with Crippen LogP contribution in [0.25, 0.3) is 0 Å². The fourth-order valence-electron chi connectivity index (χ4n) is 2.40. The van der Waals surface area contributed by atoms with Crippen molar-refractivity contribution in [2.75, 3.05) is 19.8 Å². The number of halogens is 2. The first-order valence-electron chi connectivity index (χ1n) is 6.72. The van der Waals surface area contributed by atoms with Gasteiger partial charge in [-0.25, -0.2) is 4.39 Å². The molecule has 1 aromatic rings. The van der Waals surface area contributed by atoms with Crippen LogP contribution >= 0.6 is 11.6 Å². The van der Waals surface area contributed by atoms with Crippen molar-refractivity contribution < 1.29 is 23.5 Å². The Balaban J connectivity index is 2.41. The van der Waals surface area contributed by atoms with Crippen LogP contribution in [0, 0.1) is 11.2 Å². The molecule has 1 fully saturated rings. The van der Waals surface area contributed by atoms with Crippen LogP contribution in [0.5, 0.6) is 0 Å². The summed E-state index contributed by atoms with van der Waals surface area (Å²) >= 11 is 6.00. The monoisotopic (exact) mass is 314 g/mol. The fraction of sp³-hybridized carbons (Fsp3) is 0.467. The van der Waals surface area contributed by atoms with Gasteiger partial charge in [0.25, 0.3) is 0 Å². The Morgan fingerprint density at radius 3 is 2.90 bits per heavy atom. The molecule has 0 spiro atoms. The predicted molar refractivity (Wildman–Crippen MR) is 74.6 cm³/mol. The summed E-state index contributed by atoms with van der Waals surface area (Å²) in [5, 5.41) is 0.178. The van der Waals surface area contributed by atoms with E-state index in [1.54, 1.807) is 6.92 Å². The van der Waals surface area contributed by atoms with Gasteiger partial charge in [0.05, 0.1) is 19.8 Å². The molecule has 0 bridgehead atoms. The van der Waals surface area contributed by atoms with Crippen LogP contribution in [0.15, 0.2) is 18.2 Å². The summed E-state index contributed by atoms with van der Waals surface area (Å²) in [5.74, 6) is -1.54. The van der Waals surface area contributed by atoms with Gasteiger partial charge in [0.2, 0.25) is 0 Å². The number of carbonyl (C=O) groups excluding carboxylic acids is 2. The highest BCUT2D eigenvalue weighted by molar-refractivity contribution is 6.31. The minimum Gasteiger partial charge on any atom is -0.465 e. The van der Waals surface area contributed by atoms with Gasteiger partial charge >= 0.3 is 5.97 Å². The van der Waals surface area contributed by atoms with Gasteiger partial charge in [-0.2, -0.15) is 0 Å². The van der Waals surface area contributed by atoms with Gasteiger partial charge in [0.1, 0.15) is 5.82 Å². The maximum Gasteiger partial charge on any atom is 0.322 e. The Bertz CT molecular complexity index is 540. The minimum atomic E-state index is -1.51. The second-order valence-electron chi connectivity index (χ2n) is 4.91. The van der Waals surface area contributed by atoms with E-state index in [9.17, 15) is 14.0 Å². The SMILES string of the molecule is CCOC(=O)C1(Cc2c(F)cccc2Cl)COCCC1=O. The molecule has 0 radical (unpaired) electrons. The lowest BCUT2D eigenvalue weighted by molar-refractivity contribution is -0.169. The predicted octanol–water partition coefficient (Wildman–Crippen LogP) is 2.56. The number of hydrogen-bond donors (Lipinski definition) is 0. The van der Waals surface area contributed by atoms with Crippen molar-refractivity contribution in [1.82, 2.24) is 0 Å². The first-order valence-corrected chi connectivity index (χ1v) is 7.10. The van der Waals surface area contributed by atoms with E-state index in [-0.39, 0.29) is 49.0 Å². The first-order chi connectivity index (χ1) is 10.0. The number of hydrogen-bond acceptors (Lipinski definition) is 4. The highest BCUT2D eigenvalue weighted by Crippen LogP contribution is 2.34. The zero-order chi connectivity index (χ0) is 15.5. The molecule has 1 saturated heterocycles. The molecule has 1 aliphatic heterocycles. The smallest absolute Gasteiger partial charge is 0.322 e. The van der Waals surface area contributed by atoms with Gasteiger partial charge in [-0.05, 0) is 19.1 Å². The number of rotatable bonds is 4. The molecular formula is C15H16ClFO4. The topological polar surface area (TPSA) is 52.6 Å². The second kappa shape index (κ2) is 6.54. The molecule has 1 atom stereocenters. The van der Waals surface area contributed by atoms with Crippen LogP contribution < -0.4 is 0 Å². The maximum absolute atomic E-state index is 14.0. The molecule has 6 heteroatoms. The Labute approximate surface area is 127 Å². The largest absolute Gasteiger partial charge is 0.465 e. The molecular weight excluding hydrogens is 299 g/mol. The number of Topliss-reactive ketones (excluding diaryl/α,β-unsaturated/α-hetero) is 1. The van der Waals surface area contributed by atoms with Crippen LogP contribution in [0.1, 0.15) is 18.9 Å². The number of ether oxygens (including phenoxy) is 2. The van der Waals surface area contributed by atoms with Crippen molar-refractivity contribution in [3.63, 3.8) is 0 Å². The molecule has 0 aromatic heterocycles. The van der Waals surface area contributed by atoms with Crippen molar-refractivity contribution >= 4 is 23.4 Å². The zero-order valence-electron chi connectivity index (χ0n) is 11.7. The van der Waals surface area contributed by atoms with Crippen LogP contribution in [-0.4, -0.2) is 31.6 Å². The summed E-state index contributed by atoms with van der Waals surface area (Å²) in [7, 11) is 0. The van der Waals surface area contributed by atoms with Crippen molar-refractivity contribution in [2.45, 2.75) is 19.8 Å². The van der Waals surface area contributed by atoms with E-state index in [1.165, 1.54) is 18.2 Å². The molecule has 4 nitrogen and oxygen atoms in total. The second-order valence-corrected chi connectivity index (χ2v) is 5.31. The molecule has 1 heterocycles. The van der Waals surface area contributed by atoms with E-state index >= 15 is 0 Å². The van der Waals surface area contributed by atoms with Crippen molar-refractivity contribution in [2.24, 2.45) is 5.41 Å². The van der Waals surface area contributed by atoms with E-state index in [4.69, 9.17) is 21.1 Å². The van der Waals surface area contributed by atoms with E-state index in [0.29, 0.717) is 0 Å². The van der Waals surface area contributed by atoms with E-state index < -0.39 is 17.2 Å². The Morgan fingerprint density at radius 2 is 2.29 bits per heavy atom. The highest BCUT2D eigenvalue weighted by atomic mass is 35.5. The third kappa shape index (κ3) is 3.09. The van der Waals surface area contributed by atoms with Crippen LogP contribution in [0.2, 0.25) is 5.02 Å². The number of ketones is 1. The Kier molecular flexibility index (Phi) is 4.96. The summed E-state index contributed by atoms with van der Waals surface area (Å²) in [6.07, 6.45) is -0.0545. The summed E-state index contributed by atoms with van der Waals surface area (Å²) in [6, 6.07) is 4.23. The van der Waals surface area contributed by atoms with E-state index in [2.05, 4.69) is 0 Å². The standard InChI is InChI=1S/C15H16ClFO4/c1-2-21-14(19)15(9-20-7-6-13(15)18)8-10-11(16)4-3-5-12(10)17/h3-5H,2,6-9H2,1H3. The number of esters is 1. The zero-order valence-corrected chi connectivity index (χ0v) is 12.4. The lowest BCUT2D eigenvalue weighted by Crippen LogP contribution is -2.49. The van der Waals surface area contributed by atoms with E-state index in [1.807, 2.05) is 0 Å². The average molecular weight is 315 g/mol. The van der Waals surface area contributed by atoms with Crippen molar-refractivity contribution in [1.29, 1.82) is 0 Å². The maximum atomic E-state index is 14.0. The van der Waals surface area contributed by atoms with Crippen molar-refractivity contribution in [3.05, 3.63) is 34.6 Å². The van der Waals surface area contributed by atoms with Gasteiger partial charge in [-0.1, -0.05) is 17.7 Å².